The molecule has 0 radical (unpaired) electrons. The fourth-order valence-corrected chi connectivity index (χ4v) is 1.46. The van der Waals surface area contributed by atoms with Gasteiger partial charge in [-0.15, -0.1) is 0 Å². The first kappa shape index (κ1) is 12.6. The van der Waals surface area contributed by atoms with Crippen molar-refractivity contribution in [2.45, 2.75) is 13.5 Å². The SMILES string of the molecule is CCN(CCOCCS)Cc1ccco1. The van der Waals surface area contributed by atoms with E-state index in [9.17, 15) is 0 Å². The summed E-state index contributed by atoms with van der Waals surface area (Å²) in [6, 6.07) is 3.91. The van der Waals surface area contributed by atoms with Gasteiger partial charge in [-0.25, -0.2) is 0 Å². The normalized spacial score (nSPS) is 11.1. The Morgan fingerprint density at radius 3 is 2.93 bits per heavy atom. The number of ether oxygens (including phenoxy) is 1. The highest BCUT2D eigenvalue weighted by atomic mass is 32.1. The third kappa shape index (κ3) is 5.25. The second-order valence-electron chi connectivity index (χ2n) is 3.28. The van der Waals surface area contributed by atoms with Crippen molar-refractivity contribution in [2.75, 3.05) is 32.1 Å². The molecule has 3 nitrogen and oxygen atoms in total. The number of furan rings is 1. The van der Waals surface area contributed by atoms with Crippen molar-refractivity contribution in [3.05, 3.63) is 24.2 Å². The first-order chi connectivity index (χ1) is 7.36. The quantitative estimate of drug-likeness (QED) is 0.545. The molecule has 0 aliphatic carbocycles. The second-order valence-corrected chi connectivity index (χ2v) is 3.73. The van der Waals surface area contributed by atoms with Gasteiger partial charge < -0.3 is 9.15 Å². The van der Waals surface area contributed by atoms with E-state index >= 15 is 0 Å². The highest BCUT2D eigenvalue weighted by Gasteiger charge is 2.04. The summed E-state index contributed by atoms with van der Waals surface area (Å²) in [6.07, 6.45) is 1.71. The molecule has 1 rings (SSSR count). The topological polar surface area (TPSA) is 25.6 Å². The maximum Gasteiger partial charge on any atom is 0.117 e. The number of hydrogen-bond donors (Lipinski definition) is 1. The maximum atomic E-state index is 5.39. The average Bonchev–Trinajstić information content (AvgIpc) is 2.75. The summed E-state index contributed by atoms with van der Waals surface area (Å²) in [4.78, 5) is 2.29. The maximum absolute atomic E-state index is 5.39. The largest absolute Gasteiger partial charge is 0.468 e. The lowest BCUT2D eigenvalue weighted by molar-refractivity contribution is 0.112. The van der Waals surface area contributed by atoms with Crippen LogP contribution < -0.4 is 0 Å². The van der Waals surface area contributed by atoms with E-state index in [0.717, 1.165) is 44.4 Å². The van der Waals surface area contributed by atoms with E-state index in [1.54, 1.807) is 6.26 Å². The van der Waals surface area contributed by atoms with Crippen LogP contribution in [0, 0.1) is 0 Å². The van der Waals surface area contributed by atoms with Crippen molar-refractivity contribution in [1.29, 1.82) is 0 Å². The third-order valence-electron chi connectivity index (χ3n) is 2.19. The highest BCUT2D eigenvalue weighted by molar-refractivity contribution is 7.80. The molecule has 0 N–H and O–H groups in total. The minimum atomic E-state index is 0.724. The molecule has 1 aromatic heterocycles. The molecule has 0 unspecified atom stereocenters. The van der Waals surface area contributed by atoms with Gasteiger partial charge in [-0.2, -0.15) is 12.6 Å². The molecule has 0 atom stereocenters. The number of likely N-dealkylation sites (N-methyl/N-ethyl adjacent to an activating group) is 1. The Kier molecular flexibility index (Phi) is 6.55. The van der Waals surface area contributed by atoms with E-state index in [0.29, 0.717) is 0 Å². The van der Waals surface area contributed by atoms with Crippen LogP contribution in [0.25, 0.3) is 0 Å². The Labute approximate surface area is 96.8 Å². The molecule has 1 heterocycles. The smallest absolute Gasteiger partial charge is 0.117 e. The van der Waals surface area contributed by atoms with Gasteiger partial charge in [0.15, 0.2) is 0 Å². The van der Waals surface area contributed by atoms with E-state index in [-0.39, 0.29) is 0 Å². The Hall–Kier alpha value is -0.450. The third-order valence-corrected chi connectivity index (χ3v) is 2.38. The molecular weight excluding hydrogens is 210 g/mol. The molecule has 0 aromatic carbocycles. The molecule has 0 aliphatic rings. The van der Waals surface area contributed by atoms with E-state index in [4.69, 9.17) is 9.15 Å². The summed E-state index contributed by atoms with van der Waals surface area (Å²) in [7, 11) is 0. The zero-order chi connectivity index (χ0) is 10.9. The number of hydrogen-bond acceptors (Lipinski definition) is 4. The molecule has 0 bridgehead atoms. The summed E-state index contributed by atoms with van der Waals surface area (Å²) < 4.78 is 10.7. The molecule has 0 amide bonds. The van der Waals surface area contributed by atoms with Crippen molar-refractivity contribution in [1.82, 2.24) is 4.90 Å². The Bertz CT molecular complexity index is 239. The van der Waals surface area contributed by atoms with Crippen molar-refractivity contribution in [2.24, 2.45) is 0 Å². The van der Waals surface area contributed by atoms with Crippen molar-refractivity contribution in [3.8, 4) is 0 Å². The van der Waals surface area contributed by atoms with Crippen LogP contribution in [-0.2, 0) is 11.3 Å². The van der Waals surface area contributed by atoms with Crippen LogP contribution in [0.4, 0.5) is 0 Å². The van der Waals surface area contributed by atoms with Crippen LogP contribution in [0.15, 0.2) is 22.8 Å². The average molecular weight is 229 g/mol. The van der Waals surface area contributed by atoms with Crippen LogP contribution in [0.3, 0.4) is 0 Å². The van der Waals surface area contributed by atoms with Crippen molar-refractivity contribution < 1.29 is 9.15 Å². The van der Waals surface area contributed by atoms with Gasteiger partial charge in [0.1, 0.15) is 5.76 Å². The van der Waals surface area contributed by atoms with Gasteiger partial charge in [0.25, 0.3) is 0 Å². The molecule has 0 aliphatic heterocycles. The van der Waals surface area contributed by atoms with E-state index in [1.165, 1.54) is 0 Å². The van der Waals surface area contributed by atoms with Gasteiger partial charge in [0, 0.05) is 12.3 Å². The fourth-order valence-electron chi connectivity index (χ4n) is 1.33. The predicted octanol–water partition coefficient (Wildman–Crippen LogP) is 2.05. The number of thiol groups is 1. The lowest BCUT2D eigenvalue weighted by atomic mass is 10.4. The first-order valence-corrected chi connectivity index (χ1v) is 5.93. The zero-order valence-corrected chi connectivity index (χ0v) is 10.1. The highest BCUT2D eigenvalue weighted by Crippen LogP contribution is 2.04. The molecule has 4 heteroatoms. The van der Waals surface area contributed by atoms with E-state index in [1.807, 2.05) is 12.1 Å². The van der Waals surface area contributed by atoms with Crippen molar-refractivity contribution in [3.63, 3.8) is 0 Å². The first-order valence-electron chi connectivity index (χ1n) is 5.30. The zero-order valence-electron chi connectivity index (χ0n) is 9.19. The predicted molar refractivity (Wildman–Crippen MR) is 64.3 cm³/mol. The minimum Gasteiger partial charge on any atom is -0.468 e. The molecule has 0 spiro atoms. The molecule has 0 saturated carbocycles. The monoisotopic (exact) mass is 229 g/mol. The summed E-state index contributed by atoms with van der Waals surface area (Å²) in [5, 5.41) is 0. The molecule has 0 fully saturated rings. The van der Waals surface area contributed by atoms with Crippen LogP contribution in [-0.4, -0.2) is 37.0 Å². The van der Waals surface area contributed by atoms with Gasteiger partial charge in [0.2, 0.25) is 0 Å². The summed E-state index contributed by atoms with van der Waals surface area (Å²) in [5.41, 5.74) is 0. The van der Waals surface area contributed by atoms with Crippen LogP contribution in [0.2, 0.25) is 0 Å². The van der Waals surface area contributed by atoms with E-state index < -0.39 is 0 Å². The molecule has 86 valence electrons. The standard InChI is InChI=1S/C11H19NO2S/c1-2-12(5-7-13-8-9-15)10-11-4-3-6-14-11/h3-4,6,15H,2,5,7-10H2,1H3. The summed E-state index contributed by atoms with van der Waals surface area (Å²) in [5.74, 6) is 1.79. The van der Waals surface area contributed by atoms with Gasteiger partial charge >= 0.3 is 0 Å². The molecular formula is C11H19NO2S. The molecule has 0 saturated heterocycles. The Morgan fingerprint density at radius 2 is 2.33 bits per heavy atom. The Morgan fingerprint density at radius 1 is 1.47 bits per heavy atom. The van der Waals surface area contributed by atoms with Crippen LogP contribution in [0.5, 0.6) is 0 Å². The number of nitrogens with zero attached hydrogens (tertiary/aromatic N) is 1. The van der Waals surface area contributed by atoms with Crippen molar-refractivity contribution >= 4 is 12.6 Å². The number of rotatable bonds is 8. The second kappa shape index (κ2) is 7.79. The summed E-state index contributed by atoms with van der Waals surface area (Å²) in [6.45, 7) is 6.42. The van der Waals surface area contributed by atoms with Gasteiger partial charge in [0.05, 0.1) is 26.0 Å². The Balaban J connectivity index is 2.18. The van der Waals surface area contributed by atoms with Gasteiger partial charge in [-0.05, 0) is 18.7 Å². The van der Waals surface area contributed by atoms with Gasteiger partial charge in [-0.1, -0.05) is 6.92 Å². The van der Waals surface area contributed by atoms with E-state index in [2.05, 4.69) is 24.5 Å². The van der Waals surface area contributed by atoms with Gasteiger partial charge in [-0.3, -0.25) is 4.90 Å². The fraction of sp³-hybridized carbons (Fsp3) is 0.636. The lowest BCUT2D eigenvalue weighted by Gasteiger charge is -2.18. The molecule has 15 heavy (non-hydrogen) atoms. The minimum absolute atomic E-state index is 0.724. The van der Waals surface area contributed by atoms with Crippen LogP contribution in [0.1, 0.15) is 12.7 Å². The van der Waals surface area contributed by atoms with Crippen LogP contribution >= 0.6 is 12.6 Å². The molecule has 1 aromatic rings. The lowest BCUT2D eigenvalue weighted by Crippen LogP contribution is -2.27. The summed E-state index contributed by atoms with van der Waals surface area (Å²) >= 11 is 4.09.